The molecule has 58 heavy (non-hydrogen) atoms. The van der Waals surface area contributed by atoms with Gasteiger partial charge in [0.1, 0.15) is 0 Å². The zero-order valence-electron chi connectivity index (χ0n) is 31.9. The maximum atomic E-state index is 2.40. The number of hydrogen-bond donors (Lipinski definition) is 0. The van der Waals surface area contributed by atoms with Gasteiger partial charge in [0, 0.05) is 0 Å². The van der Waals surface area contributed by atoms with Gasteiger partial charge in [0.05, 0.1) is 0 Å². The van der Waals surface area contributed by atoms with E-state index in [0.717, 1.165) is 0 Å². The highest BCUT2D eigenvalue weighted by atomic mass is 14.2. The molecule has 11 rings (SSSR count). The van der Waals surface area contributed by atoms with Crippen molar-refractivity contribution in [3.05, 3.63) is 231 Å². The van der Waals surface area contributed by atoms with Crippen molar-refractivity contribution in [2.75, 3.05) is 0 Å². The molecule has 0 fully saturated rings. The summed E-state index contributed by atoms with van der Waals surface area (Å²) in [6.45, 7) is 0. The van der Waals surface area contributed by atoms with Crippen molar-refractivity contribution >= 4 is 43.1 Å². The first-order valence-electron chi connectivity index (χ1n) is 20.1. The Labute approximate surface area is 339 Å². The van der Waals surface area contributed by atoms with Gasteiger partial charge in [0.2, 0.25) is 0 Å². The van der Waals surface area contributed by atoms with Crippen molar-refractivity contribution in [1.29, 1.82) is 0 Å². The zero-order chi connectivity index (χ0) is 38.4. The molecular formula is C58H38. The summed E-state index contributed by atoms with van der Waals surface area (Å²) in [6.07, 6.45) is 0. The molecule has 270 valence electrons. The normalized spacial score (nSPS) is 11.4. The zero-order valence-corrected chi connectivity index (χ0v) is 31.9. The molecule has 0 saturated carbocycles. The largest absolute Gasteiger partial charge is 0.0622 e. The van der Waals surface area contributed by atoms with Gasteiger partial charge in [0.15, 0.2) is 0 Å². The fraction of sp³-hybridized carbons (Fsp3) is 0. The van der Waals surface area contributed by atoms with Crippen LogP contribution in [0, 0.1) is 0 Å². The molecule has 0 aromatic heterocycles. The minimum absolute atomic E-state index is 1.21. The van der Waals surface area contributed by atoms with Crippen LogP contribution in [0.4, 0.5) is 0 Å². The van der Waals surface area contributed by atoms with Crippen molar-refractivity contribution in [3.63, 3.8) is 0 Å². The summed E-state index contributed by atoms with van der Waals surface area (Å²) < 4.78 is 0. The summed E-state index contributed by atoms with van der Waals surface area (Å²) in [6, 6.07) is 84.5. The van der Waals surface area contributed by atoms with Crippen molar-refractivity contribution in [1.82, 2.24) is 0 Å². The van der Waals surface area contributed by atoms with E-state index >= 15 is 0 Å². The Morgan fingerprint density at radius 2 is 0.517 bits per heavy atom. The Kier molecular flexibility index (Phi) is 8.26. The number of benzene rings is 11. The Bertz CT molecular complexity index is 3240. The van der Waals surface area contributed by atoms with Crippen LogP contribution in [0.25, 0.3) is 110 Å². The maximum Gasteiger partial charge on any atom is -0.00262 e. The van der Waals surface area contributed by atoms with Crippen LogP contribution in [-0.4, -0.2) is 0 Å². The predicted octanol–water partition coefficient (Wildman–Crippen LogP) is 16.3. The maximum absolute atomic E-state index is 2.40. The highest BCUT2D eigenvalue weighted by Gasteiger charge is 2.19. The molecule has 0 saturated heterocycles. The van der Waals surface area contributed by atoms with E-state index in [2.05, 4.69) is 231 Å². The van der Waals surface area contributed by atoms with Crippen LogP contribution < -0.4 is 0 Å². The third kappa shape index (κ3) is 5.69. The highest BCUT2D eigenvalue weighted by molar-refractivity contribution is 6.21. The second kappa shape index (κ2) is 14.2. The number of rotatable bonds is 6. The monoisotopic (exact) mass is 734 g/mol. The van der Waals surface area contributed by atoms with Crippen molar-refractivity contribution in [2.24, 2.45) is 0 Å². The lowest BCUT2D eigenvalue weighted by Gasteiger charge is -2.19. The van der Waals surface area contributed by atoms with Crippen molar-refractivity contribution < 1.29 is 0 Å². The lowest BCUT2D eigenvalue weighted by molar-refractivity contribution is 1.60. The standard InChI is InChI=1S/C58H38/c1-3-18-42(19-4-1)55-47-24-9-7-16-39(47)34-36-49(55)41-30-32-44(33-31-41)57-51-26-11-13-28-53(51)58(54-29-14-12-27-52(54)57)46-23-15-22-45(38-46)50-37-35-40-17-8-10-25-48(40)56(50)43-20-5-2-6-21-43/h1-38H. The Morgan fingerprint density at radius 3 is 1.02 bits per heavy atom. The van der Waals surface area contributed by atoms with Gasteiger partial charge in [-0.25, -0.2) is 0 Å². The highest BCUT2D eigenvalue weighted by Crippen LogP contribution is 2.46. The first-order valence-corrected chi connectivity index (χ1v) is 20.1. The Hall–Kier alpha value is -7.54. The molecule has 0 amide bonds. The Morgan fingerprint density at radius 1 is 0.172 bits per heavy atom. The van der Waals surface area contributed by atoms with Crippen LogP contribution >= 0.6 is 0 Å². The second-order valence-corrected chi connectivity index (χ2v) is 15.1. The fourth-order valence-corrected chi connectivity index (χ4v) is 9.26. The van der Waals surface area contributed by atoms with Gasteiger partial charge >= 0.3 is 0 Å². The van der Waals surface area contributed by atoms with Gasteiger partial charge in [-0.3, -0.25) is 0 Å². The molecule has 0 spiro atoms. The van der Waals surface area contributed by atoms with Crippen LogP contribution in [0.1, 0.15) is 0 Å². The molecule has 11 aromatic carbocycles. The van der Waals surface area contributed by atoms with E-state index in [4.69, 9.17) is 0 Å². The predicted molar refractivity (Wildman–Crippen MR) is 249 cm³/mol. The van der Waals surface area contributed by atoms with Crippen LogP contribution in [0.15, 0.2) is 231 Å². The molecule has 0 aliphatic carbocycles. The van der Waals surface area contributed by atoms with Gasteiger partial charge in [-0.2, -0.15) is 0 Å². The fourth-order valence-electron chi connectivity index (χ4n) is 9.26. The van der Waals surface area contributed by atoms with Gasteiger partial charge in [-0.1, -0.05) is 224 Å². The molecule has 11 aromatic rings. The Balaban J connectivity index is 1.08. The molecule has 0 atom stereocenters. The molecule has 0 heterocycles. The van der Waals surface area contributed by atoms with E-state index < -0.39 is 0 Å². The van der Waals surface area contributed by atoms with Crippen LogP contribution in [-0.2, 0) is 0 Å². The molecule has 0 aliphatic heterocycles. The molecule has 0 radical (unpaired) electrons. The third-order valence-corrected chi connectivity index (χ3v) is 11.9. The summed E-state index contributed by atoms with van der Waals surface area (Å²) in [5.74, 6) is 0. The molecule has 0 N–H and O–H groups in total. The molecular weight excluding hydrogens is 697 g/mol. The van der Waals surface area contributed by atoms with Crippen molar-refractivity contribution in [2.45, 2.75) is 0 Å². The summed E-state index contributed by atoms with van der Waals surface area (Å²) in [5.41, 5.74) is 14.8. The van der Waals surface area contributed by atoms with Crippen LogP contribution in [0.5, 0.6) is 0 Å². The third-order valence-electron chi connectivity index (χ3n) is 11.9. The molecule has 0 nitrogen and oxygen atoms in total. The topological polar surface area (TPSA) is 0 Å². The second-order valence-electron chi connectivity index (χ2n) is 15.1. The van der Waals surface area contributed by atoms with E-state index in [1.54, 1.807) is 0 Å². The minimum atomic E-state index is 1.21. The van der Waals surface area contributed by atoms with E-state index in [1.165, 1.54) is 110 Å². The molecule has 0 unspecified atom stereocenters. The smallest absolute Gasteiger partial charge is 0.00262 e. The summed E-state index contributed by atoms with van der Waals surface area (Å²) in [7, 11) is 0. The molecule has 0 bridgehead atoms. The number of hydrogen-bond acceptors (Lipinski definition) is 0. The summed E-state index contributed by atoms with van der Waals surface area (Å²) >= 11 is 0. The van der Waals surface area contributed by atoms with Gasteiger partial charge < -0.3 is 0 Å². The average molecular weight is 735 g/mol. The van der Waals surface area contributed by atoms with E-state index in [9.17, 15) is 0 Å². The summed E-state index contributed by atoms with van der Waals surface area (Å²) in [5, 5.41) is 10.0. The average Bonchev–Trinajstić information content (AvgIpc) is 3.30. The summed E-state index contributed by atoms with van der Waals surface area (Å²) in [4.78, 5) is 0. The first kappa shape index (κ1) is 33.8. The lowest BCUT2D eigenvalue weighted by atomic mass is 9.84. The van der Waals surface area contributed by atoms with E-state index in [0.29, 0.717) is 0 Å². The van der Waals surface area contributed by atoms with Crippen molar-refractivity contribution in [3.8, 4) is 66.8 Å². The van der Waals surface area contributed by atoms with Gasteiger partial charge in [0.25, 0.3) is 0 Å². The van der Waals surface area contributed by atoms with Gasteiger partial charge in [-0.05, 0) is 116 Å². The van der Waals surface area contributed by atoms with E-state index in [1.807, 2.05) is 0 Å². The van der Waals surface area contributed by atoms with Gasteiger partial charge in [-0.15, -0.1) is 0 Å². The van der Waals surface area contributed by atoms with Crippen LogP contribution in [0.2, 0.25) is 0 Å². The minimum Gasteiger partial charge on any atom is -0.0622 e. The lowest BCUT2D eigenvalue weighted by Crippen LogP contribution is -1.92. The quantitative estimate of drug-likeness (QED) is 0.149. The SMILES string of the molecule is c1ccc(-c2c(-c3ccc(-c4c5ccccc5c(-c5cccc(-c6ccc7ccccc7c6-c6ccccc6)c5)c5ccccc45)cc3)ccc3ccccc23)cc1. The number of fused-ring (bicyclic) bond motifs is 4. The first-order chi connectivity index (χ1) is 28.8. The molecule has 0 aliphatic rings. The molecule has 0 heteroatoms. The van der Waals surface area contributed by atoms with Crippen LogP contribution in [0.3, 0.4) is 0 Å². The van der Waals surface area contributed by atoms with E-state index in [-0.39, 0.29) is 0 Å².